The first-order valence-corrected chi connectivity index (χ1v) is 8.41. The summed E-state index contributed by atoms with van der Waals surface area (Å²) in [6, 6.07) is 22.8. The number of benzene rings is 3. The van der Waals surface area contributed by atoms with Crippen LogP contribution >= 0.6 is 0 Å². The number of rotatable bonds is 7. The molecular formula is C21H16N4O3. The number of nitro groups is 1. The highest BCUT2D eigenvalue weighted by molar-refractivity contribution is 5.84. The summed E-state index contributed by atoms with van der Waals surface area (Å²) in [4.78, 5) is 10.2. The zero-order chi connectivity index (χ0) is 19.8. The van der Waals surface area contributed by atoms with Crippen LogP contribution in [-0.2, 0) is 6.61 Å². The molecule has 0 aliphatic heterocycles. The smallest absolute Gasteiger partial charge is 0.269 e. The first-order valence-electron chi connectivity index (χ1n) is 8.41. The molecule has 7 nitrogen and oxygen atoms in total. The van der Waals surface area contributed by atoms with Crippen molar-refractivity contribution in [3.8, 4) is 11.8 Å². The summed E-state index contributed by atoms with van der Waals surface area (Å²) in [5.74, 6) is 0.629. The van der Waals surface area contributed by atoms with Crippen LogP contribution in [0.4, 0.5) is 11.4 Å². The van der Waals surface area contributed by atoms with E-state index in [0.717, 1.165) is 11.1 Å². The molecule has 0 saturated carbocycles. The van der Waals surface area contributed by atoms with E-state index in [2.05, 4.69) is 16.6 Å². The molecule has 1 N–H and O–H groups in total. The second-order valence-corrected chi connectivity index (χ2v) is 5.77. The van der Waals surface area contributed by atoms with Crippen LogP contribution in [0.3, 0.4) is 0 Å². The second-order valence-electron chi connectivity index (χ2n) is 5.77. The number of nitrogens with zero attached hydrogens (tertiary/aromatic N) is 3. The molecule has 0 radical (unpaired) electrons. The Hall–Kier alpha value is -4.18. The third-order valence-electron chi connectivity index (χ3n) is 3.92. The van der Waals surface area contributed by atoms with Crippen molar-refractivity contribution in [3.63, 3.8) is 0 Å². The van der Waals surface area contributed by atoms with E-state index in [4.69, 9.17) is 10.00 Å². The van der Waals surface area contributed by atoms with Crippen molar-refractivity contribution < 1.29 is 9.66 Å². The molecule has 0 fully saturated rings. The summed E-state index contributed by atoms with van der Waals surface area (Å²) < 4.78 is 5.87. The summed E-state index contributed by atoms with van der Waals surface area (Å²) in [5, 5.41) is 24.0. The maximum atomic E-state index is 10.7. The molecule has 0 bridgehead atoms. The van der Waals surface area contributed by atoms with Gasteiger partial charge in [-0.3, -0.25) is 15.5 Å². The van der Waals surface area contributed by atoms with Gasteiger partial charge in [0, 0.05) is 23.3 Å². The fraction of sp³-hybridized carbons (Fsp3) is 0.0476. The van der Waals surface area contributed by atoms with Gasteiger partial charge in [0.05, 0.1) is 28.5 Å². The zero-order valence-electron chi connectivity index (χ0n) is 14.8. The Labute approximate surface area is 161 Å². The number of nitro benzene ring substituents is 1. The van der Waals surface area contributed by atoms with E-state index in [-0.39, 0.29) is 12.3 Å². The van der Waals surface area contributed by atoms with E-state index in [1.165, 1.54) is 12.1 Å². The highest BCUT2D eigenvalue weighted by Crippen LogP contribution is 2.19. The Morgan fingerprint density at radius 3 is 2.54 bits per heavy atom. The molecule has 0 heterocycles. The number of para-hydroxylation sites is 1. The summed E-state index contributed by atoms with van der Waals surface area (Å²) >= 11 is 0. The van der Waals surface area contributed by atoms with E-state index in [1.54, 1.807) is 24.4 Å². The Morgan fingerprint density at radius 1 is 1.07 bits per heavy atom. The number of nitriles is 1. The molecule has 138 valence electrons. The van der Waals surface area contributed by atoms with Crippen LogP contribution in [0.25, 0.3) is 0 Å². The predicted octanol–water partition coefficient (Wildman–Crippen LogP) is 4.49. The molecule has 7 heteroatoms. The molecule has 0 unspecified atom stereocenters. The number of non-ortho nitro benzene ring substituents is 1. The van der Waals surface area contributed by atoms with Crippen molar-refractivity contribution in [2.24, 2.45) is 5.10 Å². The fourth-order valence-corrected chi connectivity index (χ4v) is 2.46. The second kappa shape index (κ2) is 8.96. The van der Waals surface area contributed by atoms with Crippen molar-refractivity contribution in [1.29, 1.82) is 5.26 Å². The lowest BCUT2D eigenvalue weighted by molar-refractivity contribution is -0.384. The molecule has 3 rings (SSSR count). The molecule has 0 atom stereocenters. The van der Waals surface area contributed by atoms with Crippen LogP contribution in [0.5, 0.6) is 5.75 Å². The van der Waals surface area contributed by atoms with Gasteiger partial charge < -0.3 is 4.74 Å². The number of anilines is 1. The first-order chi connectivity index (χ1) is 13.7. The molecule has 0 aromatic heterocycles. The van der Waals surface area contributed by atoms with Crippen LogP contribution in [-0.4, -0.2) is 11.1 Å². The topological polar surface area (TPSA) is 101 Å². The van der Waals surface area contributed by atoms with Crippen LogP contribution in [0.15, 0.2) is 77.9 Å². The Kier molecular flexibility index (Phi) is 5.95. The van der Waals surface area contributed by atoms with Crippen molar-refractivity contribution >= 4 is 17.6 Å². The van der Waals surface area contributed by atoms with Crippen LogP contribution in [0.2, 0.25) is 0 Å². The van der Waals surface area contributed by atoms with Crippen LogP contribution < -0.4 is 10.2 Å². The van der Waals surface area contributed by atoms with E-state index in [9.17, 15) is 10.1 Å². The summed E-state index contributed by atoms with van der Waals surface area (Å²) in [7, 11) is 0. The number of hydrogen-bond donors (Lipinski definition) is 1. The van der Waals surface area contributed by atoms with Crippen LogP contribution in [0.1, 0.15) is 16.7 Å². The van der Waals surface area contributed by atoms with Gasteiger partial charge in [-0.1, -0.05) is 30.3 Å². The lowest BCUT2D eigenvalue weighted by Gasteiger charge is -2.10. The molecule has 0 aliphatic rings. The molecule has 0 amide bonds. The minimum atomic E-state index is -0.453. The summed E-state index contributed by atoms with van der Waals surface area (Å²) in [6.45, 7) is 0.268. The molecule has 0 aliphatic carbocycles. The quantitative estimate of drug-likeness (QED) is 0.374. The van der Waals surface area contributed by atoms with E-state index >= 15 is 0 Å². The highest BCUT2D eigenvalue weighted by Gasteiger charge is 2.05. The van der Waals surface area contributed by atoms with Crippen molar-refractivity contribution in [2.75, 3.05) is 5.43 Å². The summed E-state index contributed by atoms with van der Waals surface area (Å²) in [6.07, 6.45) is 1.60. The fourth-order valence-electron chi connectivity index (χ4n) is 2.46. The molecule has 3 aromatic rings. The zero-order valence-corrected chi connectivity index (χ0v) is 14.8. The molecule has 0 saturated heterocycles. The van der Waals surface area contributed by atoms with E-state index in [0.29, 0.717) is 17.0 Å². The Balaban J connectivity index is 1.67. The summed E-state index contributed by atoms with van der Waals surface area (Å²) in [5.41, 5.74) is 5.61. The average Bonchev–Trinajstić information content (AvgIpc) is 2.73. The van der Waals surface area contributed by atoms with Gasteiger partial charge in [0.25, 0.3) is 5.69 Å². The van der Waals surface area contributed by atoms with Gasteiger partial charge in [-0.25, -0.2) is 0 Å². The van der Waals surface area contributed by atoms with Gasteiger partial charge in [-0.2, -0.15) is 10.4 Å². The normalized spacial score (nSPS) is 10.4. The van der Waals surface area contributed by atoms with Gasteiger partial charge in [-0.15, -0.1) is 0 Å². The minimum Gasteiger partial charge on any atom is -0.488 e. The lowest BCUT2D eigenvalue weighted by atomic mass is 10.1. The third kappa shape index (κ3) is 4.71. The van der Waals surface area contributed by atoms with Gasteiger partial charge in [0.2, 0.25) is 0 Å². The molecule has 3 aromatic carbocycles. The highest BCUT2D eigenvalue weighted by atomic mass is 16.6. The number of hydrogen-bond acceptors (Lipinski definition) is 6. The monoisotopic (exact) mass is 372 g/mol. The van der Waals surface area contributed by atoms with E-state index < -0.39 is 4.92 Å². The number of ether oxygens (including phenoxy) is 1. The Bertz CT molecular complexity index is 1040. The van der Waals surface area contributed by atoms with Gasteiger partial charge in [-0.05, 0) is 30.3 Å². The largest absolute Gasteiger partial charge is 0.488 e. The van der Waals surface area contributed by atoms with Gasteiger partial charge in [0.1, 0.15) is 12.4 Å². The predicted molar refractivity (Wildman–Crippen MR) is 106 cm³/mol. The molecule has 28 heavy (non-hydrogen) atoms. The number of hydrazone groups is 1. The van der Waals surface area contributed by atoms with Crippen molar-refractivity contribution in [2.45, 2.75) is 6.61 Å². The standard InChI is InChI=1S/C21H16N4O3/c22-13-16-5-1-2-7-18(16)15-28-21-8-4-3-6-17(21)14-23-24-19-9-11-20(12-10-19)25(26)27/h1-12,14,24H,15H2/b23-14+. The SMILES string of the molecule is N#Cc1ccccc1COc1ccccc1/C=N/Nc1ccc([N+](=O)[O-])cc1. The van der Waals surface area contributed by atoms with Crippen LogP contribution in [0, 0.1) is 21.4 Å². The Morgan fingerprint density at radius 2 is 1.79 bits per heavy atom. The van der Waals surface area contributed by atoms with E-state index in [1.807, 2.05) is 42.5 Å². The van der Waals surface area contributed by atoms with Gasteiger partial charge in [0.15, 0.2) is 0 Å². The first kappa shape index (κ1) is 18.6. The van der Waals surface area contributed by atoms with Crippen molar-refractivity contribution in [1.82, 2.24) is 0 Å². The molecule has 0 spiro atoms. The average molecular weight is 372 g/mol. The number of nitrogens with one attached hydrogen (secondary N) is 1. The van der Waals surface area contributed by atoms with Gasteiger partial charge >= 0.3 is 0 Å². The van der Waals surface area contributed by atoms with Crippen molar-refractivity contribution in [3.05, 3.63) is 99.6 Å². The minimum absolute atomic E-state index is 0.0194. The third-order valence-corrected chi connectivity index (χ3v) is 3.92. The maximum Gasteiger partial charge on any atom is 0.269 e. The molecular weight excluding hydrogens is 356 g/mol. The lowest BCUT2D eigenvalue weighted by Crippen LogP contribution is -2.01. The maximum absolute atomic E-state index is 10.7.